The van der Waals surface area contributed by atoms with E-state index in [4.69, 9.17) is 0 Å². The largest absolute Gasteiger partial charge is 0.480 e. The maximum atomic E-state index is 12.2. The SMILES string of the molecule is CC1(C)NC(=O)N(CCN2[C@@H]3CCCC[C@@H]3C[C@H]2C(=O)O)C1=O. The molecule has 0 radical (unpaired) electrons. The number of hydrogen-bond donors (Lipinski definition) is 2. The van der Waals surface area contributed by atoms with E-state index in [1.54, 1.807) is 13.8 Å². The van der Waals surface area contributed by atoms with Crippen LogP contribution in [0.3, 0.4) is 0 Å². The number of hydrogen-bond acceptors (Lipinski definition) is 4. The molecule has 7 heteroatoms. The van der Waals surface area contributed by atoms with Crippen molar-refractivity contribution in [1.29, 1.82) is 0 Å². The summed E-state index contributed by atoms with van der Waals surface area (Å²) in [7, 11) is 0. The fourth-order valence-corrected chi connectivity index (χ4v) is 4.35. The van der Waals surface area contributed by atoms with Crippen LogP contribution in [0.15, 0.2) is 0 Å². The van der Waals surface area contributed by atoms with Crippen LogP contribution in [0, 0.1) is 5.92 Å². The highest BCUT2D eigenvalue weighted by Gasteiger charge is 2.47. The van der Waals surface area contributed by atoms with Crippen LogP contribution in [0.1, 0.15) is 46.0 Å². The number of carboxylic acid groups (broad SMARTS) is 1. The number of fused-ring (bicyclic) bond motifs is 1. The van der Waals surface area contributed by atoms with Gasteiger partial charge in [0.25, 0.3) is 5.91 Å². The molecule has 0 aromatic rings. The van der Waals surface area contributed by atoms with Gasteiger partial charge in [0.2, 0.25) is 0 Å². The third-order valence-electron chi connectivity index (χ3n) is 5.53. The molecule has 3 rings (SSSR count). The number of aliphatic carboxylic acids is 1. The molecule has 3 amide bonds. The zero-order chi connectivity index (χ0) is 16.8. The van der Waals surface area contributed by atoms with E-state index in [1.165, 1.54) is 11.3 Å². The zero-order valence-electron chi connectivity index (χ0n) is 13.7. The average molecular weight is 323 g/mol. The molecule has 1 aliphatic carbocycles. The number of carbonyl (C=O) groups excluding carboxylic acids is 2. The Labute approximate surface area is 136 Å². The monoisotopic (exact) mass is 323 g/mol. The van der Waals surface area contributed by atoms with Crippen LogP contribution in [-0.2, 0) is 9.59 Å². The van der Waals surface area contributed by atoms with Crippen LogP contribution in [0.25, 0.3) is 0 Å². The predicted octanol–water partition coefficient (Wildman–Crippen LogP) is 1.03. The Balaban J connectivity index is 1.69. The summed E-state index contributed by atoms with van der Waals surface area (Å²) in [5.74, 6) is -0.602. The van der Waals surface area contributed by atoms with E-state index in [9.17, 15) is 19.5 Å². The number of amides is 3. The van der Waals surface area contributed by atoms with Gasteiger partial charge in [-0.2, -0.15) is 0 Å². The smallest absolute Gasteiger partial charge is 0.325 e. The van der Waals surface area contributed by atoms with E-state index in [-0.39, 0.29) is 24.5 Å². The molecule has 2 N–H and O–H groups in total. The van der Waals surface area contributed by atoms with E-state index >= 15 is 0 Å². The minimum absolute atomic E-state index is 0.242. The third-order valence-corrected chi connectivity index (χ3v) is 5.53. The summed E-state index contributed by atoms with van der Waals surface area (Å²) >= 11 is 0. The summed E-state index contributed by atoms with van der Waals surface area (Å²) in [6.07, 6.45) is 5.08. The van der Waals surface area contributed by atoms with Gasteiger partial charge < -0.3 is 10.4 Å². The summed E-state index contributed by atoms with van der Waals surface area (Å²) in [6.45, 7) is 4.05. The number of nitrogens with one attached hydrogen (secondary N) is 1. The highest BCUT2D eigenvalue weighted by atomic mass is 16.4. The number of nitrogens with zero attached hydrogens (tertiary/aromatic N) is 2. The Morgan fingerprint density at radius 3 is 2.57 bits per heavy atom. The van der Waals surface area contributed by atoms with Crippen molar-refractivity contribution in [2.45, 2.75) is 63.6 Å². The van der Waals surface area contributed by atoms with Crippen molar-refractivity contribution in [2.24, 2.45) is 5.92 Å². The van der Waals surface area contributed by atoms with Crippen molar-refractivity contribution >= 4 is 17.9 Å². The minimum atomic E-state index is -0.873. The molecule has 3 atom stereocenters. The molecule has 3 fully saturated rings. The topological polar surface area (TPSA) is 90.0 Å². The second-order valence-electron chi connectivity index (χ2n) is 7.45. The molecule has 128 valence electrons. The lowest BCUT2D eigenvalue weighted by Gasteiger charge is -2.33. The number of carbonyl (C=O) groups is 3. The molecule has 0 unspecified atom stereocenters. The molecule has 2 aliphatic heterocycles. The van der Waals surface area contributed by atoms with Crippen LogP contribution in [0.4, 0.5) is 4.79 Å². The normalized spacial score (nSPS) is 33.7. The number of carboxylic acids is 1. The number of likely N-dealkylation sites (tertiary alicyclic amines) is 1. The first kappa shape index (κ1) is 16.2. The van der Waals surface area contributed by atoms with Gasteiger partial charge in [-0.25, -0.2) is 4.79 Å². The molecule has 1 saturated carbocycles. The van der Waals surface area contributed by atoms with E-state index in [1.807, 2.05) is 4.90 Å². The standard InChI is InChI=1S/C16H25N3O4/c1-16(2)14(22)19(15(23)17-16)8-7-18-11-6-4-3-5-10(11)9-12(18)13(20)21/h10-12H,3-9H2,1-2H3,(H,17,23)(H,20,21)/t10-,11-,12+/m1/s1. The lowest BCUT2D eigenvalue weighted by atomic mass is 9.85. The Hall–Kier alpha value is -1.63. The van der Waals surface area contributed by atoms with Gasteiger partial charge in [0.05, 0.1) is 0 Å². The minimum Gasteiger partial charge on any atom is -0.480 e. The second kappa shape index (κ2) is 5.78. The van der Waals surface area contributed by atoms with Crippen LogP contribution < -0.4 is 5.32 Å². The Morgan fingerprint density at radius 2 is 1.96 bits per heavy atom. The molecule has 3 aliphatic rings. The molecule has 0 aromatic heterocycles. The highest BCUT2D eigenvalue weighted by molar-refractivity contribution is 6.06. The lowest BCUT2D eigenvalue weighted by Crippen LogP contribution is -2.47. The summed E-state index contributed by atoms with van der Waals surface area (Å²) < 4.78 is 0. The van der Waals surface area contributed by atoms with Gasteiger partial charge in [0, 0.05) is 19.1 Å². The Morgan fingerprint density at radius 1 is 1.26 bits per heavy atom. The first-order valence-corrected chi connectivity index (χ1v) is 8.44. The fraction of sp³-hybridized carbons (Fsp3) is 0.812. The van der Waals surface area contributed by atoms with E-state index in [2.05, 4.69) is 5.32 Å². The van der Waals surface area contributed by atoms with Crippen molar-refractivity contribution in [3.63, 3.8) is 0 Å². The molecular weight excluding hydrogens is 298 g/mol. The number of imide groups is 1. The van der Waals surface area contributed by atoms with Gasteiger partial charge in [-0.05, 0) is 39.0 Å². The molecule has 2 saturated heterocycles. The molecule has 0 bridgehead atoms. The predicted molar refractivity (Wildman–Crippen MR) is 82.8 cm³/mol. The van der Waals surface area contributed by atoms with E-state index < -0.39 is 17.6 Å². The fourth-order valence-electron chi connectivity index (χ4n) is 4.35. The highest BCUT2D eigenvalue weighted by Crippen LogP contribution is 2.39. The first-order valence-electron chi connectivity index (χ1n) is 8.44. The molecule has 0 spiro atoms. The average Bonchev–Trinajstić information content (AvgIpc) is 2.94. The van der Waals surface area contributed by atoms with Crippen molar-refractivity contribution in [2.75, 3.05) is 13.1 Å². The second-order valence-corrected chi connectivity index (χ2v) is 7.45. The summed E-state index contributed by atoms with van der Waals surface area (Å²) in [4.78, 5) is 39.0. The Kier molecular flexibility index (Phi) is 4.08. The van der Waals surface area contributed by atoms with Crippen LogP contribution in [0.2, 0.25) is 0 Å². The van der Waals surface area contributed by atoms with Crippen molar-refractivity contribution in [3.05, 3.63) is 0 Å². The quantitative estimate of drug-likeness (QED) is 0.754. The molecule has 23 heavy (non-hydrogen) atoms. The van der Waals surface area contributed by atoms with Gasteiger partial charge in [-0.1, -0.05) is 12.8 Å². The lowest BCUT2D eigenvalue weighted by molar-refractivity contribution is -0.142. The van der Waals surface area contributed by atoms with E-state index in [0.29, 0.717) is 18.9 Å². The van der Waals surface area contributed by atoms with Crippen molar-refractivity contribution < 1.29 is 19.5 Å². The maximum absolute atomic E-state index is 12.2. The van der Waals surface area contributed by atoms with Crippen LogP contribution in [-0.4, -0.2) is 63.5 Å². The molecule has 2 heterocycles. The summed E-state index contributed by atoms with van der Waals surface area (Å²) in [5, 5.41) is 12.2. The molecule has 0 aromatic carbocycles. The van der Waals surface area contributed by atoms with Gasteiger partial charge in [0.1, 0.15) is 11.6 Å². The van der Waals surface area contributed by atoms with E-state index in [0.717, 1.165) is 19.3 Å². The van der Waals surface area contributed by atoms with Crippen molar-refractivity contribution in [1.82, 2.24) is 15.1 Å². The number of urea groups is 1. The van der Waals surface area contributed by atoms with Gasteiger partial charge in [-0.3, -0.25) is 19.4 Å². The first-order chi connectivity index (χ1) is 10.8. The van der Waals surface area contributed by atoms with Gasteiger partial charge >= 0.3 is 12.0 Å². The molecular formula is C16H25N3O4. The maximum Gasteiger partial charge on any atom is 0.325 e. The molecule has 7 nitrogen and oxygen atoms in total. The number of rotatable bonds is 4. The van der Waals surface area contributed by atoms with Crippen molar-refractivity contribution in [3.8, 4) is 0 Å². The third kappa shape index (κ3) is 2.82. The van der Waals surface area contributed by atoms with Crippen LogP contribution in [0.5, 0.6) is 0 Å². The summed E-state index contributed by atoms with van der Waals surface area (Å²) in [6, 6.07) is -0.596. The van der Waals surface area contributed by atoms with Crippen LogP contribution >= 0.6 is 0 Å². The Bertz CT molecular complexity index is 533. The summed E-state index contributed by atoms with van der Waals surface area (Å²) in [5.41, 5.74) is -0.873. The zero-order valence-corrected chi connectivity index (χ0v) is 13.7. The van der Waals surface area contributed by atoms with Gasteiger partial charge in [0.15, 0.2) is 0 Å². The van der Waals surface area contributed by atoms with Gasteiger partial charge in [-0.15, -0.1) is 0 Å².